The van der Waals surface area contributed by atoms with Gasteiger partial charge in [0.2, 0.25) is 5.90 Å². The molecule has 2 aliphatic rings. The zero-order chi connectivity index (χ0) is 17.1. The molecule has 0 amide bonds. The Labute approximate surface area is 144 Å². The Morgan fingerprint density at radius 3 is 3.16 bits per heavy atom. The molecule has 0 radical (unpaired) electrons. The second kappa shape index (κ2) is 6.94. The number of ether oxygens (including phenoxy) is 1. The Hall–Kier alpha value is -2.87. The second-order valence-corrected chi connectivity index (χ2v) is 6.03. The van der Waals surface area contributed by atoms with Crippen LogP contribution < -0.4 is 26.3 Å². The molecule has 0 saturated carbocycles. The van der Waals surface area contributed by atoms with E-state index in [4.69, 9.17) is 9.15 Å². The number of hydrogen-bond acceptors (Lipinski definition) is 8. The smallest absolute Gasteiger partial charge is 0.259 e. The Morgan fingerprint density at radius 2 is 2.36 bits per heavy atom. The van der Waals surface area contributed by atoms with Crippen molar-refractivity contribution in [3.8, 4) is 0 Å². The van der Waals surface area contributed by atoms with E-state index in [1.807, 2.05) is 12.1 Å². The van der Waals surface area contributed by atoms with E-state index < -0.39 is 0 Å². The highest BCUT2D eigenvalue weighted by molar-refractivity contribution is 5.83. The van der Waals surface area contributed by atoms with Crippen molar-refractivity contribution in [2.24, 2.45) is 5.10 Å². The van der Waals surface area contributed by atoms with Crippen LogP contribution in [0.3, 0.4) is 0 Å². The highest BCUT2D eigenvalue weighted by Gasteiger charge is 2.26. The van der Waals surface area contributed by atoms with E-state index >= 15 is 0 Å². The van der Waals surface area contributed by atoms with E-state index in [2.05, 4.69) is 37.5 Å². The van der Waals surface area contributed by atoms with Gasteiger partial charge in [0.05, 0.1) is 12.8 Å². The van der Waals surface area contributed by atoms with Gasteiger partial charge in [-0.05, 0) is 31.0 Å². The Balaban J connectivity index is 1.31. The van der Waals surface area contributed by atoms with E-state index in [0.717, 1.165) is 37.0 Å². The number of rotatable bonds is 5. The quantitative estimate of drug-likeness (QED) is 0.775. The topological polar surface area (TPSA) is 87.8 Å². The highest BCUT2D eigenvalue weighted by Crippen LogP contribution is 2.22. The molecule has 0 bridgehead atoms. The number of hydrazone groups is 1. The van der Waals surface area contributed by atoms with Gasteiger partial charge in [-0.1, -0.05) is 6.58 Å². The molecule has 1 atom stereocenters. The molecular weight excluding hydrogens is 320 g/mol. The van der Waals surface area contributed by atoms with Gasteiger partial charge in [-0.25, -0.2) is 5.43 Å². The second-order valence-electron chi connectivity index (χ2n) is 6.03. The minimum absolute atomic E-state index is 0.395. The fourth-order valence-corrected chi connectivity index (χ4v) is 3.13. The lowest BCUT2D eigenvalue weighted by Crippen LogP contribution is -2.40. The van der Waals surface area contributed by atoms with Crippen LogP contribution in [0.5, 0.6) is 0 Å². The standard InChI is InChI=1S/C17H20N6O2/c1-12-6-9-24-16(12)17-22-21-15(25-17)11-18-10-13-4-3-8-23(13)14-5-2-7-19-20-14/h2,5-7,9,13,18,22H,1,3-4,8,10-11H2. The normalized spacial score (nSPS) is 21.8. The van der Waals surface area contributed by atoms with E-state index in [0.29, 0.717) is 29.8 Å². The van der Waals surface area contributed by atoms with Gasteiger partial charge in [0, 0.05) is 30.5 Å². The lowest BCUT2D eigenvalue weighted by atomic mass is 10.2. The summed E-state index contributed by atoms with van der Waals surface area (Å²) in [5, 5.41) is 16.5. The van der Waals surface area contributed by atoms with E-state index in [1.54, 1.807) is 18.5 Å². The Kier molecular flexibility index (Phi) is 4.34. The van der Waals surface area contributed by atoms with Gasteiger partial charge in [-0.2, -0.15) is 5.10 Å². The predicted octanol–water partition coefficient (Wildman–Crippen LogP) is -0.262. The number of nitrogens with one attached hydrogen (secondary N) is 2. The molecule has 2 aromatic rings. The van der Waals surface area contributed by atoms with Crippen LogP contribution in [0, 0.1) is 0 Å². The van der Waals surface area contributed by atoms with Crippen LogP contribution in [-0.2, 0) is 4.74 Å². The van der Waals surface area contributed by atoms with Crippen molar-refractivity contribution < 1.29 is 9.15 Å². The monoisotopic (exact) mass is 340 g/mol. The summed E-state index contributed by atoms with van der Waals surface area (Å²) in [7, 11) is 0. The summed E-state index contributed by atoms with van der Waals surface area (Å²) in [6, 6.07) is 6.10. The van der Waals surface area contributed by atoms with Crippen LogP contribution in [0.15, 0.2) is 40.2 Å². The first kappa shape index (κ1) is 15.6. The molecule has 2 aromatic heterocycles. The van der Waals surface area contributed by atoms with Crippen molar-refractivity contribution in [1.29, 1.82) is 0 Å². The maximum atomic E-state index is 5.69. The summed E-state index contributed by atoms with van der Waals surface area (Å²) in [6.07, 6.45) is 5.56. The van der Waals surface area contributed by atoms with Crippen LogP contribution in [0.1, 0.15) is 12.8 Å². The number of anilines is 1. The molecular formula is C17H20N6O2. The third-order valence-corrected chi connectivity index (χ3v) is 4.34. The first-order chi connectivity index (χ1) is 12.3. The van der Waals surface area contributed by atoms with Crippen LogP contribution in [-0.4, -0.2) is 41.8 Å². The lowest BCUT2D eigenvalue weighted by molar-refractivity contribution is 0.444. The number of hydrogen-bond donors (Lipinski definition) is 2. The van der Waals surface area contributed by atoms with Gasteiger partial charge in [-0.3, -0.25) is 0 Å². The summed E-state index contributed by atoms with van der Waals surface area (Å²) < 4.78 is 11.0. The summed E-state index contributed by atoms with van der Waals surface area (Å²) in [6.45, 7) is 6.26. The molecule has 25 heavy (non-hydrogen) atoms. The number of nitrogens with zero attached hydrogens (tertiary/aromatic N) is 4. The summed E-state index contributed by atoms with van der Waals surface area (Å²) >= 11 is 0. The van der Waals surface area contributed by atoms with Gasteiger partial charge < -0.3 is 19.4 Å². The molecule has 0 spiro atoms. The number of aromatic nitrogens is 2. The molecule has 0 aromatic carbocycles. The van der Waals surface area contributed by atoms with Crippen LogP contribution in [0.25, 0.3) is 12.5 Å². The third kappa shape index (κ3) is 3.34. The molecule has 8 heteroatoms. The van der Waals surface area contributed by atoms with E-state index in [9.17, 15) is 0 Å². The Morgan fingerprint density at radius 1 is 1.40 bits per heavy atom. The summed E-state index contributed by atoms with van der Waals surface area (Å²) in [5.41, 5.74) is 3.42. The molecule has 1 fully saturated rings. The Bertz CT molecular complexity index is 863. The minimum Gasteiger partial charge on any atom is -0.459 e. The first-order valence-corrected chi connectivity index (χ1v) is 8.33. The molecule has 1 unspecified atom stereocenters. The van der Waals surface area contributed by atoms with Crippen LogP contribution in [0.2, 0.25) is 0 Å². The van der Waals surface area contributed by atoms with Crippen molar-refractivity contribution >= 4 is 24.2 Å². The van der Waals surface area contributed by atoms with E-state index in [-0.39, 0.29) is 0 Å². The largest absolute Gasteiger partial charge is 0.459 e. The summed E-state index contributed by atoms with van der Waals surface area (Å²) in [5.74, 6) is 1.99. The van der Waals surface area contributed by atoms with Crippen LogP contribution >= 0.6 is 0 Å². The van der Waals surface area contributed by atoms with Gasteiger partial charge in [0.25, 0.3) is 5.88 Å². The van der Waals surface area contributed by atoms with Crippen molar-refractivity contribution in [1.82, 2.24) is 20.9 Å². The van der Waals surface area contributed by atoms with Gasteiger partial charge in [-0.15, -0.1) is 10.2 Å². The van der Waals surface area contributed by atoms with E-state index in [1.165, 1.54) is 0 Å². The fourth-order valence-electron chi connectivity index (χ4n) is 3.13. The van der Waals surface area contributed by atoms with Gasteiger partial charge in [0.15, 0.2) is 11.2 Å². The summed E-state index contributed by atoms with van der Waals surface area (Å²) in [4.78, 5) is 2.30. The first-order valence-electron chi connectivity index (χ1n) is 8.33. The zero-order valence-electron chi connectivity index (χ0n) is 13.8. The zero-order valence-corrected chi connectivity index (χ0v) is 13.8. The predicted molar refractivity (Wildman–Crippen MR) is 93.8 cm³/mol. The molecule has 1 saturated heterocycles. The van der Waals surface area contributed by atoms with Gasteiger partial charge >= 0.3 is 0 Å². The SMILES string of the molecule is C=c1ccoc1=C1NN=C(CNCC2CCCN2c2cccnn2)O1. The average Bonchev–Trinajstić information content (AvgIpc) is 3.36. The highest BCUT2D eigenvalue weighted by atomic mass is 16.5. The van der Waals surface area contributed by atoms with Crippen molar-refractivity contribution in [2.75, 3.05) is 24.5 Å². The molecule has 2 aliphatic heterocycles. The molecule has 4 heterocycles. The lowest BCUT2D eigenvalue weighted by Gasteiger charge is -2.25. The molecule has 0 aliphatic carbocycles. The molecule has 2 N–H and O–H groups in total. The van der Waals surface area contributed by atoms with Crippen molar-refractivity contribution in [3.05, 3.63) is 41.3 Å². The molecule has 130 valence electrons. The third-order valence-electron chi connectivity index (χ3n) is 4.34. The van der Waals surface area contributed by atoms with Crippen LogP contribution in [0.4, 0.5) is 5.82 Å². The maximum absolute atomic E-state index is 5.69. The fraction of sp³-hybridized carbons (Fsp3) is 0.353. The van der Waals surface area contributed by atoms with Crippen molar-refractivity contribution in [2.45, 2.75) is 18.9 Å². The van der Waals surface area contributed by atoms with Gasteiger partial charge in [0.1, 0.15) is 0 Å². The average molecular weight is 340 g/mol. The molecule has 4 rings (SSSR count). The minimum atomic E-state index is 0.395. The number of furan rings is 1. The van der Waals surface area contributed by atoms with Crippen molar-refractivity contribution in [3.63, 3.8) is 0 Å². The molecule has 8 nitrogen and oxygen atoms in total. The maximum Gasteiger partial charge on any atom is 0.259 e.